The Morgan fingerprint density at radius 1 is 1.22 bits per heavy atom. The van der Waals surface area contributed by atoms with E-state index in [1.807, 2.05) is 19.9 Å². The summed E-state index contributed by atoms with van der Waals surface area (Å²) in [6, 6.07) is 10.5. The van der Waals surface area contributed by atoms with Crippen LogP contribution in [0.3, 0.4) is 0 Å². The van der Waals surface area contributed by atoms with Crippen molar-refractivity contribution < 1.29 is 0 Å². The average Bonchev–Trinajstić information content (AvgIpc) is 2.83. The number of aromatic amines is 1. The number of hydrogen-bond donors (Lipinski definition) is 2. The SMILES string of the molecule is Cc1sc2nc(CNCCCc3ccccc3)[nH]c(=O)c2c1C. The lowest BCUT2D eigenvalue weighted by Crippen LogP contribution is -2.20. The first-order chi connectivity index (χ1) is 11.1. The van der Waals surface area contributed by atoms with Crippen LogP contribution >= 0.6 is 11.3 Å². The monoisotopic (exact) mass is 327 g/mol. The zero-order valence-corrected chi connectivity index (χ0v) is 14.3. The van der Waals surface area contributed by atoms with Crippen LogP contribution in [-0.2, 0) is 13.0 Å². The molecule has 5 heteroatoms. The molecule has 2 N–H and O–H groups in total. The van der Waals surface area contributed by atoms with E-state index >= 15 is 0 Å². The van der Waals surface area contributed by atoms with Crippen molar-refractivity contribution >= 4 is 21.6 Å². The van der Waals surface area contributed by atoms with Gasteiger partial charge in [0.15, 0.2) is 0 Å². The van der Waals surface area contributed by atoms with E-state index in [1.165, 1.54) is 5.56 Å². The molecule has 0 atom stereocenters. The van der Waals surface area contributed by atoms with Crippen LogP contribution in [0.1, 0.15) is 28.2 Å². The highest BCUT2D eigenvalue weighted by Gasteiger charge is 2.11. The summed E-state index contributed by atoms with van der Waals surface area (Å²) in [4.78, 5) is 21.7. The minimum Gasteiger partial charge on any atom is -0.310 e. The molecular weight excluding hydrogens is 306 g/mol. The van der Waals surface area contributed by atoms with Crippen LogP contribution in [0.5, 0.6) is 0 Å². The lowest BCUT2D eigenvalue weighted by Gasteiger charge is -2.05. The molecular formula is C18H21N3OS. The van der Waals surface area contributed by atoms with Gasteiger partial charge < -0.3 is 10.3 Å². The number of rotatable bonds is 6. The van der Waals surface area contributed by atoms with Crippen LogP contribution in [0.25, 0.3) is 10.2 Å². The molecule has 4 nitrogen and oxygen atoms in total. The molecule has 0 aliphatic carbocycles. The molecule has 2 aromatic heterocycles. The molecule has 0 aliphatic heterocycles. The minimum atomic E-state index is -0.0297. The number of thiophene rings is 1. The van der Waals surface area contributed by atoms with Crippen LogP contribution in [0.15, 0.2) is 35.1 Å². The predicted octanol–water partition coefficient (Wildman–Crippen LogP) is 3.32. The Kier molecular flexibility index (Phi) is 4.88. The highest BCUT2D eigenvalue weighted by molar-refractivity contribution is 7.18. The summed E-state index contributed by atoms with van der Waals surface area (Å²) < 4.78 is 0. The third kappa shape index (κ3) is 3.68. The molecule has 0 saturated carbocycles. The minimum absolute atomic E-state index is 0.0297. The lowest BCUT2D eigenvalue weighted by molar-refractivity contribution is 0.630. The van der Waals surface area contributed by atoms with Crippen molar-refractivity contribution in [1.29, 1.82) is 0 Å². The van der Waals surface area contributed by atoms with Crippen molar-refractivity contribution in [3.63, 3.8) is 0 Å². The second-order valence-corrected chi connectivity index (χ2v) is 6.95. The fraction of sp³-hybridized carbons (Fsp3) is 0.333. The van der Waals surface area contributed by atoms with Crippen LogP contribution in [0.2, 0.25) is 0 Å². The van der Waals surface area contributed by atoms with Gasteiger partial charge in [-0.25, -0.2) is 4.98 Å². The summed E-state index contributed by atoms with van der Waals surface area (Å²) in [5.41, 5.74) is 2.37. The van der Waals surface area contributed by atoms with E-state index in [4.69, 9.17) is 0 Å². The Labute approximate surface area is 139 Å². The zero-order valence-electron chi connectivity index (χ0n) is 13.5. The molecule has 0 aliphatic rings. The standard InChI is InChI=1S/C18H21N3OS/c1-12-13(2)23-18-16(12)17(22)20-15(21-18)11-19-10-6-9-14-7-4-3-5-8-14/h3-5,7-8,19H,6,9-11H2,1-2H3,(H,20,21,22). The molecule has 120 valence electrons. The maximum absolute atomic E-state index is 12.2. The zero-order chi connectivity index (χ0) is 16.2. The number of aryl methyl sites for hydroxylation is 3. The molecule has 0 saturated heterocycles. The third-order valence-electron chi connectivity index (χ3n) is 4.04. The first-order valence-electron chi connectivity index (χ1n) is 7.88. The van der Waals surface area contributed by atoms with Gasteiger partial charge in [0, 0.05) is 4.88 Å². The van der Waals surface area contributed by atoms with Crippen LogP contribution < -0.4 is 10.9 Å². The lowest BCUT2D eigenvalue weighted by atomic mass is 10.1. The van der Waals surface area contributed by atoms with Gasteiger partial charge in [0.25, 0.3) is 5.56 Å². The molecule has 0 bridgehead atoms. The highest BCUT2D eigenvalue weighted by Crippen LogP contribution is 2.25. The van der Waals surface area contributed by atoms with Gasteiger partial charge in [-0.3, -0.25) is 4.79 Å². The summed E-state index contributed by atoms with van der Waals surface area (Å²) in [6.45, 7) is 5.50. The van der Waals surface area contributed by atoms with E-state index in [-0.39, 0.29) is 5.56 Å². The Morgan fingerprint density at radius 2 is 2.00 bits per heavy atom. The van der Waals surface area contributed by atoms with E-state index in [9.17, 15) is 4.79 Å². The van der Waals surface area contributed by atoms with Crippen LogP contribution in [-0.4, -0.2) is 16.5 Å². The van der Waals surface area contributed by atoms with Gasteiger partial charge in [-0.05, 0) is 44.4 Å². The van der Waals surface area contributed by atoms with Gasteiger partial charge in [0.2, 0.25) is 0 Å². The van der Waals surface area contributed by atoms with Crippen molar-refractivity contribution in [3.05, 3.63) is 62.5 Å². The Bertz CT molecular complexity index is 852. The Hall–Kier alpha value is -1.98. The maximum atomic E-state index is 12.2. The number of nitrogens with zero attached hydrogens (tertiary/aromatic N) is 1. The normalized spacial score (nSPS) is 11.2. The summed E-state index contributed by atoms with van der Waals surface area (Å²) in [7, 11) is 0. The first kappa shape index (κ1) is 15.9. The van der Waals surface area contributed by atoms with E-state index in [2.05, 4.69) is 39.6 Å². The van der Waals surface area contributed by atoms with Crippen LogP contribution in [0.4, 0.5) is 0 Å². The molecule has 0 spiro atoms. The van der Waals surface area contributed by atoms with Crippen molar-refractivity contribution in [2.45, 2.75) is 33.2 Å². The van der Waals surface area contributed by atoms with Gasteiger partial charge >= 0.3 is 0 Å². The maximum Gasteiger partial charge on any atom is 0.259 e. The fourth-order valence-corrected chi connectivity index (χ4v) is 3.70. The van der Waals surface area contributed by atoms with E-state index in [0.29, 0.717) is 12.4 Å². The molecule has 3 rings (SSSR count). The van der Waals surface area contributed by atoms with E-state index < -0.39 is 0 Å². The average molecular weight is 327 g/mol. The van der Waals surface area contributed by atoms with Gasteiger partial charge in [-0.1, -0.05) is 30.3 Å². The van der Waals surface area contributed by atoms with Gasteiger partial charge in [-0.15, -0.1) is 11.3 Å². The van der Waals surface area contributed by atoms with Gasteiger partial charge in [0.05, 0.1) is 11.9 Å². The van der Waals surface area contributed by atoms with Crippen molar-refractivity contribution in [2.75, 3.05) is 6.54 Å². The number of H-pyrrole nitrogens is 1. The fourth-order valence-electron chi connectivity index (χ4n) is 2.65. The highest BCUT2D eigenvalue weighted by atomic mass is 32.1. The predicted molar refractivity (Wildman–Crippen MR) is 96.2 cm³/mol. The Balaban J connectivity index is 1.56. The molecule has 3 aromatic rings. The topological polar surface area (TPSA) is 57.8 Å². The van der Waals surface area contributed by atoms with E-state index in [1.54, 1.807) is 11.3 Å². The number of benzene rings is 1. The number of nitrogens with one attached hydrogen (secondary N) is 2. The summed E-state index contributed by atoms with van der Waals surface area (Å²) in [6.07, 6.45) is 2.12. The molecule has 2 heterocycles. The number of hydrogen-bond acceptors (Lipinski definition) is 4. The smallest absolute Gasteiger partial charge is 0.259 e. The summed E-state index contributed by atoms with van der Waals surface area (Å²) >= 11 is 1.59. The van der Waals surface area contributed by atoms with Crippen molar-refractivity contribution in [2.24, 2.45) is 0 Å². The molecule has 1 aromatic carbocycles. The summed E-state index contributed by atoms with van der Waals surface area (Å²) in [5, 5.41) is 4.09. The molecule has 0 fully saturated rings. The molecule has 23 heavy (non-hydrogen) atoms. The largest absolute Gasteiger partial charge is 0.310 e. The van der Waals surface area contributed by atoms with Gasteiger partial charge in [-0.2, -0.15) is 0 Å². The molecule has 0 radical (unpaired) electrons. The number of aromatic nitrogens is 2. The quantitative estimate of drug-likeness (QED) is 0.683. The third-order valence-corrected chi connectivity index (χ3v) is 5.14. The second kappa shape index (κ2) is 7.06. The Morgan fingerprint density at radius 3 is 2.78 bits per heavy atom. The molecule has 0 amide bonds. The van der Waals surface area contributed by atoms with Crippen molar-refractivity contribution in [3.8, 4) is 0 Å². The van der Waals surface area contributed by atoms with Crippen LogP contribution in [0, 0.1) is 13.8 Å². The van der Waals surface area contributed by atoms with E-state index in [0.717, 1.165) is 40.0 Å². The second-order valence-electron chi connectivity index (χ2n) is 5.74. The number of fused-ring (bicyclic) bond motifs is 1. The summed E-state index contributed by atoms with van der Waals surface area (Å²) in [5.74, 6) is 0.712. The first-order valence-corrected chi connectivity index (χ1v) is 8.70. The van der Waals surface area contributed by atoms with Gasteiger partial charge in [0.1, 0.15) is 10.7 Å². The molecule has 0 unspecified atom stereocenters. The van der Waals surface area contributed by atoms with Crippen molar-refractivity contribution in [1.82, 2.24) is 15.3 Å².